The Labute approximate surface area is 175 Å². The van der Waals surface area contributed by atoms with Gasteiger partial charge in [0.2, 0.25) is 0 Å². The Hall–Kier alpha value is -1.84. The van der Waals surface area contributed by atoms with E-state index in [2.05, 4.69) is 26.0 Å². The molecule has 3 rings (SSSR count). The number of carbonyl (C=O) groups is 1. The number of rotatable bonds is 5. The minimum absolute atomic E-state index is 0.0413. The van der Waals surface area contributed by atoms with Crippen LogP contribution in [0.25, 0.3) is 0 Å². The smallest absolute Gasteiger partial charge is 0.265 e. The zero-order valence-electron chi connectivity index (χ0n) is 14.9. The van der Waals surface area contributed by atoms with E-state index >= 15 is 0 Å². The number of anilines is 2. The molecule has 1 amide bonds. The lowest BCUT2D eigenvalue weighted by Gasteiger charge is -2.27. The molecule has 6 nitrogen and oxygen atoms in total. The zero-order valence-corrected chi connectivity index (χ0v) is 18.1. The van der Waals surface area contributed by atoms with Gasteiger partial charge in [-0.1, -0.05) is 25.4 Å². The fraction of sp³-hybridized carbons (Fsp3) is 0.278. The summed E-state index contributed by atoms with van der Waals surface area (Å²) in [6.07, 6.45) is -0.212. The first kappa shape index (κ1) is 20.9. The molecule has 150 valence electrons. The predicted octanol–water partition coefficient (Wildman–Crippen LogP) is 4.79. The van der Waals surface area contributed by atoms with Crippen LogP contribution < -0.4 is 14.8 Å². The average Bonchev–Trinajstić information content (AvgIpc) is 2.57. The molecule has 0 saturated carbocycles. The molecular formula is C18H17BrClFN2O4S. The fourth-order valence-corrected chi connectivity index (χ4v) is 5.12. The third kappa shape index (κ3) is 4.42. The summed E-state index contributed by atoms with van der Waals surface area (Å²) in [7, 11) is -4.06. The third-order valence-corrected chi connectivity index (χ3v) is 6.64. The molecule has 28 heavy (non-hydrogen) atoms. The van der Waals surface area contributed by atoms with Crippen molar-refractivity contribution in [2.24, 2.45) is 5.92 Å². The summed E-state index contributed by atoms with van der Waals surface area (Å²) in [5, 5.41) is 2.66. The number of benzene rings is 2. The van der Waals surface area contributed by atoms with Crippen molar-refractivity contribution in [3.63, 3.8) is 0 Å². The van der Waals surface area contributed by atoms with E-state index in [4.69, 9.17) is 16.3 Å². The highest BCUT2D eigenvalue weighted by atomic mass is 79.9. The van der Waals surface area contributed by atoms with Gasteiger partial charge < -0.3 is 10.1 Å². The van der Waals surface area contributed by atoms with E-state index in [0.29, 0.717) is 12.1 Å². The highest BCUT2D eigenvalue weighted by Gasteiger charge is 2.31. The maximum atomic E-state index is 13.2. The van der Waals surface area contributed by atoms with E-state index in [1.807, 2.05) is 13.8 Å². The van der Waals surface area contributed by atoms with Gasteiger partial charge in [0.1, 0.15) is 16.5 Å². The van der Waals surface area contributed by atoms with Crippen LogP contribution >= 0.6 is 27.5 Å². The molecule has 1 unspecified atom stereocenters. The molecule has 1 aliphatic heterocycles. The normalized spacial score (nSPS) is 16.4. The van der Waals surface area contributed by atoms with Gasteiger partial charge in [0.15, 0.2) is 6.10 Å². The van der Waals surface area contributed by atoms with Crippen LogP contribution in [-0.4, -0.2) is 20.4 Å². The lowest BCUT2D eigenvalue weighted by molar-refractivity contribution is -0.124. The van der Waals surface area contributed by atoms with Crippen molar-refractivity contribution >= 4 is 54.8 Å². The van der Waals surface area contributed by atoms with Gasteiger partial charge in [0, 0.05) is 10.5 Å². The number of carbonyl (C=O) groups excluding carboxylic acids is 1. The van der Waals surface area contributed by atoms with Crippen molar-refractivity contribution in [3.8, 4) is 5.75 Å². The molecule has 0 spiro atoms. The molecule has 0 bridgehead atoms. The average molecular weight is 492 g/mol. The number of ether oxygens (including phenoxy) is 1. The lowest BCUT2D eigenvalue weighted by atomic mass is 10.0. The Morgan fingerprint density at radius 1 is 1.32 bits per heavy atom. The summed E-state index contributed by atoms with van der Waals surface area (Å²) in [5.41, 5.74) is 0.412. The largest absolute Gasteiger partial charge is 0.478 e. The Kier molecular flexibility index (Phi) is 5.88. The highest BCUT2D eigenvalue weighted by Crippen LogP contribution is 2.38. The van der Waals surface area contributed by atoms with Gasteiger partial charge in [0.05, 0.1) is 16.4 Å². The molecule has 0 aromatic heterocycles. The number of sulfonamides is 1. The molecule has 0 aliphatic carbocycles. The molecule has 0 fully saturated rings. The van der Waals surface area contributed by atoms with Crippen LogP contribution in [0, 0.1) is 11.7 Å². The van der Waals surface area contributed by atoms with Crippen LogP contribution in [0.4, 0.5) is 15.8 Å². The maximum Gasteiger partial charge on any atom is 0.265 e. The maximum absolute atomic E-state index is 13.2. The summed E-state index contributed by atoms with van der Waals surface area (Å²) in [4.78, 5) is 12.1. The second-order valence-corrected chi connectivity index (χ2v) is 9.65. The molecule has 2 aromatic rings. The van der Waals surface area contributed by atoms with E-state index in [1.165, 1.54) is 18.2 Å². The number of amides is 1. The van der Waals surface area contributed by atoms with Crippen molar-refractivity contribution in [1.82, 2.24) is 0 Å². The van der Waals surface area contributed by atoms with E-state index < -0.39 is 21.9 Å². The van der Waals surface area contributed by atoms with Gasteiger partial charge in [-0.2, -0.15) is 0 Å². The Morgan fingerprint density at radius 2 is 2.04 bits per heavy atom. The van der Waals surface area contributed by atoms with E-state index in [-0.39, 0.29) is 37.7 Å². The number of hydrogen-bond donors (Lipinski definition) is 2. The number of halogens is 3. The van der Waals surface area contributed by atoms with E-state index in [9.17, 15) is 17.6 Å². The van der Waals surface area contributed by atoms with Crippen molar-refractivity contribution in [2.45, 2.75) is 31.3 Å². The van der Waals surface area contributed by atoms with Crippen LogP contribution in [0.1, 0.15) is 20.3 Å². The van der Waals surface area contributed by atoms with E-state index in [0.717, 1.165) is 12.1 Å². The monoisotopic (exact) mass is 490 g/mol. The number of fused-ring (bicyclic) bond motifs is 1. The van der Waals surface area contributed by atoms with Crippen molar-refractivity contribution in [3.05, 3.63) is 45.6 Å². The first-order valence-electron chi connectivity index (χ1n) is 8.36. The van der Waals surface area contributed by atoms with Crippen LogP contribution in [0.2, 0.25) is 5.02 Å². The number of hydrogen-bond acceptors (Lipinski definition) is 4. The predicted molar refractivity (Wildman–Crippen MR) is 109 cm³/mol. The number of nitrogens with one attached hydrogen (secondary N) is 2. The van der Waals surface area contributed by atoms with Crippen molar-refractivity contribution in [1.29, 1.82) is 0 Å². The SMILES string of the molecule is CC(C)CC1Oc2cc(S(=O)(=O)Nc3ccc(F)cc3Cl)c(Br)cc2NC1=O. The molecule has 1 heterocycles. The molecule has 10 heteroatoms. The standard InChI is InChI=1S/C18H17BrClFN2O4S/c1-9(2)5-16-18(24)22-14-7-11(19)17(8-15(14)27-16)28(25,26)23-13-4-3-10(21)6-12(13)20/h3-4,6-9,16,23H,5H2,1-2H3,(H,22,24). The quantitative estimate of drug-likeness (QED) is 0.630. The third-order valence-electron chi connectivity index (χ3n) is 4.00. The second kappa shape index (κ2) is 7.88. The van der Waals surface area contributed by atoms with E-state index in [1.54, 1.807) is 0 Å². The van der Waals surface area contributed by atoms with Gasteiger partial charge >= 0.3 is 0 Å². The Morgan fingerprint density at radius 3 is 2.68 bits per heavy atom. The molecule has 2 aromatic carbocycles. The van der Waals surface area contributed by atoms with Gasteiger partial charge in [-0.05, 0) is 52.5 Å². The zero-order chi connectivity index (χ0) is 20.6. The molecule has 0 saturated heterocycles. The fourth-order valence-electron chi connectivity index (χ4n) is 2.71. The lowest BCUT2D eigenvalue weighted by Crippen LogP contribution is -2.38. The van der Waals surface area contributed by atoms with Crippen LogP contribution in [-0.2, 0) is 14.8 Å². The highest BCUT2D eigenvalue weighted by molar-refractivity contribution is 9.10. The summed E-state index contributed by atoms with van der Waals surface area (Å²) in [5.74, 6) is -0.388. The second-order valence-electron chi connectivity index (χ2n) is 6.73. The minimum Gasteiger partial charge on any atom is -0.478 e. The van der Waals surface area contributed by atoms with Crippen molar-refractivity contribution in [2.75, 3.05) is 10.0 Å². The molecule has 1 atom stereocenters. The topological polar surface area (TPSA) is 84.5 Å². The summed E-state index contributed by atoms with van der Waals surface area (Å²) in [6.45, 7) is 3.92. The molecule has 1 aliphatic rings. The Bertz CT molecular complexity index is 1050. The summed E-state index contributed by atoms with van der Waals surface area (Å²) >= 11 is 9.12. The summed E-state index contributed by atoms with van der Waals surface area (Å²) in [6, 6.07) is 6.12. The molecule has 2 N–H and O–H groups in total. The van der Waals surface area contributed by atoms with Crippen LogP contribution in [0.5, 0.6) is 5.75 Å². The van der Waals surface area contributed by atoms with Crippen LogP contribution in [0.15, 0.2) is 39.7 Å². The van der Waals surface area contributed by atoms with Gasteiger partial charge in [-0.15, -0.1) is 0 Å². The van der Waals surface area contributed by atoms with Gasteiger partial charge in [0.25, 0.3) is 15.9 Å². The minimum atomic E-state index is -4.06. The van der Waals surface area contributed by atoms with Gasteiger partial charge in [-0.3, -0.25) is 9.52 Å². The van der Waals surface area contributed by atoms with Crippen molar-refractivity contribution < 1.29 is 22.3 Å². The molecule has 0 radical (unpaired) electrons. The van der Waals surface area contributed by atoms with Gasteiger partial charge in [-0.25, -0.2) is 12.8 Å². The first-order chi connectivity index (χ1) is 13.1. The van der Waals surface area contributed by atoms with Crippen LogP contribution in [0.3, 0.4) is 0 Å². The Balaban J connectivity index is 1.95. The molecular weight excluding hydrogens is 475 g/mol. The first-order valence-corrected chi connectivity index (χ1v) is 11.0. The summed E-state index contributed by atoms with van der Waals surface area (Å²) < 4.78 is 47.2.